The van der Waals surface area contributed by atoms with Gasteiger partial charge in [0.1, 0.15) is 0 Å². The van der Waals surface area contributed by atoms with E-state index in [-0.39, 0.29) is 5.82 Å². The standard InChI is InChI=1S/C14H19BrFNO/c1-18-14-6-5-11(8-13(14)16)10-17-7-3-2-4-12(17)9-15/h5-6,8,12H,2-4,7,9-10H2,1H3. The highest BCUT2D eigenvalue weighted by Crippen LogP contribution is 2.23. The summed E-state index contributed by atoms with van der Waals surface area (Å²) >= 11 is 3.57. The summed E-state index contributed by atoms with van der Waals surface area (Å²) in [5, 5.41) is 0.992. The zero-order valence-electron chi connectivity index (χ0n) is 10.7. The SMILES string of the molecule is COc1ccc(CN2CCCCC2CBr)cc1F. The molecule has 1 atom stereocenters. The molecule has 0 amide bonds. The summed E-state index contributed by atoms with van der Waals surface area (Å²) in [4.78, 5) is 2.43. The number of likely N-dealkylation sites (tertiary alicyclic amines) is 1. The van der Waals surface area contributed by atoms with Crippen LogP contribution in [0.2, 0.25) is 0 Å². The van der Waals surface area contributed by atoms with Gasteiger partial charge in [-0.2, -0.15) is 0 Å². The van der Waals surface area contributed by atoms with E-state index in [1.165, 1.54) is 26.4 Å². The monoisotopic (exact) mass is 315 g/mol. The lowest BCUT2D eigenvalue weighted by molar-refractivity contribution is 0.156. The fourth-order valence-electron chi connectivity index (χ4n) is 2.49. The number of methoxy groups -OCH3 is 1. The molecule has 0 aliphatic carbocycles. The molecule has 100 valence electrons. The molecule has 0 bridgehead atoms. The minimum absolute atomic E-state index is 0.276. The van der Waals surface area contributed by atoms with E-state index in [1.54, 1.807) is 12.1 Å². The van der Waals surface area contributed by atoms with Crippen molar-refractivity contribution in [3.63, 3.8) is 0 Å². The average Bonchev–Trinajstić information content (AvgIpc) is 2.39. The second-order valence-corrected chi connectivity index (χ2v) is 5.39. The van der Waals surface area contributed by atoms with Crippen LogP contribution in [0.15, 0.2) is 18.2 Å². The highest BCUT2D eigenvalue weighted by molar-refractivity contribution is 9.09. The van der Waals surface area contributed by atoms with Crippen LogP contribution in [-0.2, 0) is 6.54 Å². The number of rotatable bonds is 4. The largest absolute Gasteiger partial charge is 0.494 e. The summed E-state index contributed by atoms with van der Waals surface area (Å²) in [5.74, 6) is 0.0387. The molecule has 0 saturated carbocycles. The maximum atomic E-state index is 13.6. The van der Waals surface area contributed by atoms with Gasteiger partial charge in [-0.25, -0.2) is 4.39 Å². The van der Waals surface area contributed by atoms with E-state index in [0.29, 0.717) is 11.8 Å². The van der Waals surface area contributed by atoms with Crippen molar-refractivity contribution in [2.45, 2.75) is 31.8 Å². The summed E-state index contributed by atoms with van der Waals surface area (Å²) < 4.78 is 18.6. The predicted octanol–water partition coefficient (Wildman–Crippen LogP) is 3.58. The van der Waals surface area contributed by atoms with Crippen LogP contribution in [0.1, 0.15) is 24.8 Å². The number of benzene rings is 1. The topological polar surface area (TPSA) is 12.5 Å². The van der Waals surface area contributed by atoms with Gasteiger partial charge < -0.3 is 4.74 Å². The van der Waals surface area contributed by atoms with Crippen LogP contribution in [0.25, 0.3) is 0 Å². The van der Waals surface area contributed by atoms with Gasteiger partial charge in [0.25, 0.3) is 0 Å². The summed E-state index contributed by atoms with van der Waals surface area (Å²) in [6, 6.07) is 5.81. The summed E-state index contributed by atoms with van der Waals surface area (Å²) in [7, 11) is 1.49. The molecule has 1 aromatic rings. The van der Waals surface area contributed by atoms with Crippen LogP contribution in [-0.4, -0.2) is 29.9 Å². The molecule has 0 radical (unpaired) electrons. The Labute approximate surface area is 116 Å². The first-order valence-electron chi connectivity index (χ1n) is 6.37. The van der Waals surface area contributed by atoms with E-state index in [9.17, 15) is 4.39 Å². The van der Waals surface area contributed by atoms with Crippen LogP contribution in [0.5, 0.6) is 5.75 Å². The van der Waals surface area contributed by atoms with E-state index in [4.69, 9.17) is 4.74 Å². The smallest absolute Gasteiger partial charge is 0.165 e. The lowest BCUT2D eigenvalue weighted by Gasteiger charge is -2.34. The highest BCUT2D eigenvalue weighted by Gasteiger charge is 2.21. The fourth-order valence-corrected chi connectivity index (χ4v) is 3.22. The van der Waals surface area contributed by atoms with Gasteiger partial charge in [-0.3, -0.25) is 4.90 Å². The van der Waals surface area contributed by atoms with Crippen LogP contribution in [0.3, 0.4) is 0 Å². The van der Waals surface area contributed by atoms with Gasteiger partial charge >= 0.3 is 0 Å². The van der Waals surface area contributed by atoms with E-state index in [1.807, 2.05) is 6.07 Å². The van der Waals surface area contributed by atoms with E-state index < -0.39 is 0 Å². The molecule has 1 aromatic carbocycles. The zero-order valence-corrected chi connectivity index (χ0v) is 12.2. The number of piperidine rings is 1. The van der Waals surface area contributed by atoms with Crippen molar-refractivity contribution >= 4 is 15.9 Å². The molecule has 1 aliphatic heterocycles. The third-order valence-electron chi connectivity index (χ3n) is 3.53. The minimum Gasteiger partial charge on any atom is -0.494 e. The van der Waals surface area contributed by atoms with Gasteiger partial charge in [0.15, 0.2) is 11.6 Å². The normalized spacial score (nSPS) is 20.9. The Morgan fingerprint density at radius 2 is 2.28 bits per heavy atom. The number of ether oxygens (including phenoxy) is 1. The van der Waals surface area contributed by atoms with Gasteiger partial charge in [-0.1, -0.05) is 28.4 Å². The third-order valence-corrected chi connectivity index (χ3v) is 4.28. The van der Waals surface area contributed by atoms with Crippen LogP contribution in [0, 0.1) is 5.82 Å². The van der Waals surface area contributed by atoms with Gasteiger partial charge in [0.05, 0.1) is 7.11 Å². The maximum absolute atomic E-state index is 13.6. The van der Waals surface area contributed by atoms with E-state index in [2.05, 4.69) is 20.8 Å². The van der Waals surface area contributed by atoms with Crippen molar-refractivity contribution in [3.05, 3.63) is 29.6 Å². The molecular formula is C14H19BrFNO. The number of hydrogen-bond acceptors (Lipinski definition) is 2. The first-order chi connectivity index (χ1) is 8.74. The molecule has 1 saturated heterocycles. The molecule has 0 aromatic heterocycles. The molecule has 0 spiro atoms. The van der Waals surface area contributed by atoms with Crippen LogP contribution in [0.4, 0.5) is 4.39 Å². The van der Waals surface area contributed by atoms with Crippen molar-refractivity contribution < 1.29 is 9.13 Å². The van der Waals surface area contributed by atoms with Crippen molar-refractivity contribution in [2.75, 3.05) is 19.0 Å². The molecule has 2 nitrogen and oxygen atoms in total. The van der Waals surface area contributed by atoms with Crippen LogP contribution >= 0.6 is 15.9 Å². The highest BCUT2D eigenvalue weighted by atomic mass is 79.9. The number of halogens is 2. The second-order valence-electron chi connectivity index (χ2n) is 4.74. The molecule has 1 fully saturated rings. The molecule has 2 rings (SSSR count). The van der Waals surface area contributed by atoms with Crippen molar-refractivity contribution in [1.29, 1.82) is 0 Å². The molecule has 1 unspecified atom stereocenters. The second kappa shape index (κ2) is 6.53. The Balaban J connectivity index is 2.05. The Morgan fingerprint density at radius 1 is 1.44 bits per heavy atom. The van der Waals surface area contributed by atoms with Gasteiger partial charge in [-0.15, -0.1) is 0 Å². The van der Waals surface area contributed by atoms with Gasteiger partial charge in [0.2, 0.25) is 0 Å². The Kier molecular flexibility index (Phi) is 5.01. The van der Waals surface area contributed by atoms with Crippen molar-refractivity contribution in [2.24, 2.45) is 0 Å². The van der Waals surface area contributed by atoms with E-state index in [0.717, 1.165) is 24.0 Å². The molecule has 1 heterocycles. The lowest BCUT2D eigenvalue weighted by Crippen LogP contribution is -2.39. The van der Waals surface area contributed by atoms with Crippen molar-refractivity contribution in [1.82, 2.24) is 4.90 Å². The summed E-state index contributed by atoms with van der Waals surface area (Å²) in [5.41, 5.74) is 1.01. The van der Waals surface area contributed by atoms with Gasteiger partial charge in [0, 0.05) is 17.9 Å². The maximum Gasteiger partial charge on any atom is 0.165 e. The molecule has 4 heteroatoms. The zero-order chi connectivity index (χ0) is 13.0. The third kappa shape index (κ3) is 3.23. The van der Waals surface area contributed by atoms with Crippen LogP contribution < -0.4 is 4.74 Å². The quantitative estimate of drug-likeness (QED) is 0.787. The Bertz CT molecular complexity index is 399. The summed E-state index contributed by atoms with van der Waals surface area (Å²) in [6.07, 6.45) is 3.76. The summed E-state index contributed by atoms with van der Waals surface area (Å²) in [6.45, 7) is 1.92. The number of hydrogen-bond donors (Lipinski definition) is 0. The first kappa shape index (κ1) is 13.8. The molecule has 18 heavy (non-hydrogen) atoms. The Hall–Kier alpha value is -0.610. The van der Waals surface area contributed by atoms with Gasteiger partial charge in [-0.05, 0) is 37.1 Å². The first-order valence-corrected chi connectivity index (χ1v) is 7.49. The fraction of sp³-hybridized carbons (Fsp3) is 0.571. The lowest BCUT2D eigenvalue weighted by atomic mass is 10.0. The average molecular weight is 316 g/mol. The number of alkyl halides is 1. The molecule has 1 aliphatic rings. The molecular weight excluding hydrogens is 297 g/mol. The van der Waals surface area contributed by atoms with E-state index >= 15 is 0 Å². The van der Waals surface area contributed by atoms with Crippen molar-refractivity contribution in [3.8, 4) is 5.75 Å². The Morgan fingerprint density at radius 3 is 2.94 bits per heavy atom. The number of nitrogens with zero attached hydrogens (tertiary/aromatic N) is 1. The predicted molar refractivity (Wildman–Crippen MR) is 74.8 cm³/mol. The molecule has 0 N–H and O–H groups in total. The minimum atomic E-state index is -0.276.